The van der Waals surface area contributed by atoms with Crippen molar-refractivity contribution in [3.63, 3.8) is 0 Å². The van der Waals surface area contributed by atoms with Crippen LogP contribution in [-0.4, -0.2) is 36.1 Å². The highest BCUT2D eigenvalue weighted by Crippen LogP contribution is 2.17. The molecule has 0 aromatic carbocycles. The average Bonchev–Trinajstić information content (AvgIpc) is 2.86. The van der Waals surface area contributed by atoms with Crippen LogP contribution in [0.4, 0.5) is 11.5 Å². The van der Waals surface area contributed by atoms with Gasteiger partial charge in [-0.15, -0.1) is 0 Å². The van der Waals surface area contributed by atoms with Gasteiger partial charge in [0.25, 0.3) is 0 Å². The summed E-state index contributed by atoms with van der Waals surface area (Å²) in [4.78, 5) is 6.63. The molecule has 3 N–H and O–H groups in total. The topological polar surface area (TPSA) is 78.0 Å². The van der Waals surface area contributed by atoms with Gasteiger partial charge in [-0.2, -0.15) is 5.26 Å². The van der Waals surface area contributed by atoms with Gasteiger partial charge in [0, 0.05) is 13.1 Å². The molecule has 0 bridgehead atoms. The fourth-order valence-electron chi connectivity index (χ4n) is 2.27. The van der Waals surface area contributed by atoms with E-state index < -0.39 is 0 Å². The standard InChI is InChI=1S/C13H19N5/c1-2-18-6-5-10(9-18)8-16-13-4-3-11(15)12(7-14)17-13/h3-4,10H,2,5-6,8-9,15H2,1H3,(H,16,17). The summed E-state index contributed by atoms with van der Waals surface area (Å²) in [5.41, 5.74) is 6.36. The van der Waals surface area contributed by atoms with Crippen molar-refractivity contribution >= 4 is 11.5 Å². The van der Waals surface area contributed by atoms with Gasteiger partial charge in [-0.1, -0.05) is 6.92 Å². The molecular formula is C13H19N5. The monoisotopic (exact) mass is 245 g/mol. The van der Waals surface area contributed by atoms with Gasteiger partial charge in [0.05, 0.1) is 5.69 Å². The summed E-state index contributed by atoms with van der Waals surface area (Å²) >= 11 is 0. The van der Waals surface area contributed by atoms with Crippen molar-refractivity contribution < 1.29 is 0 Å². The number of rotatable bonds is 4. The molecule has 5 nitrogen and oxygen atoms in total. The molecule has 18 heavy (non-hydrogen) atoms. The minimum Gasteiger partial charge on any atom is -0.396 e. The first kappa shape index (κ1) is 12.7. The Balaban J connectivity index is 1.89. The molecule has 0 radical (unpaired) electrons. The fourth-order valence-corrected chi connectivity index (χ4v) is 2.27. The molecule has 0 spiro atoms. The van der Waals surface area contributed by atoms with Crippen molar-refractivity contribution in [3.8, 4) is 6.07 Å². The predicted octanol–water partition coefficient (Wildman–Crippen LogP) is 1.29. The van der Waals surface area contributed by atoms with Crippen LogP contribution in [0.1, 0.15) is 19.0 Å². The zero-order valence-corrected chi connectivity index (χ0v) is 10.7. The molecule has 96 valence electrons. The van der Waals surface area contributed by atoms with Crippen LogP contribution in [0.2, 0.25) is 0 Å². The minimum atomic E-state index is 0.293. The number of nitrogens with one attached hydrogen (secondary N) is 1. The molecule has 1 unspecified atom stereocenters. The number of anilines is 2. The van der Waals surface area contributed by atoms with Gasteiger partial charge >= 0.3 is 0 Å². The maximum absolute atomic E-state index is 8.86. The quantitative estimate of drug-likeness (QED) is 0.835. The fraction of sp³-hybridized carbons (Fsp3) is 0.538. The van der Waals surface area contributed by atoms with Crippen LogP contribution in [0.15, 0.2) is 12.1 Å². The molecule has 0 amide bonds. The summed E-state index contributed by atoms with van der Waals surface area (Å²) in [6, 6.07) is 5.54. The molecule has 0 saturated carbocycles. The number of pyridine rings is 1. The Morgan fingerprint density at radius 3 is 3.11 bits per heavy atom. The number of aromatic nitrogens is 1. The first-order valence-electron chi connectivity index (χ1n) is 6.35. The van der Waals surface area contributed by atoms with E-state index in [0.717, 1.165) is 25.5 Å². The van der Waals surface area contributed by atoms with Gasteiger partial charge in [0.2, 0.25) is 0 Å². The van der Waals surface area contributed by atoms with Crippen molar-refractivity contribution in [2.45, 2.75) is 13.3 Å². The number of nitriles is 1. The lowest BCUT2D eigenvalue weighted by Crippen LogP contribution is -2.22. The summed E-state index contributed by atoms with van der Waals surface area (Å²) in [7, 11) is 0. The second kappa shape index (κ2) is 5.69. The van der Waals surface area contributed by atoms with Crippen LogP contribution in [-0.2, 0) is 0 Å². The highest BCUT2D eigenvalue weighted by molar-refractivity contribution is 5.54. The van der Waals surface area contributed by atoms with Crippen LogP contribution in [0, 0.1) is 17.2 Å². The second-order valence-electron chi connectivity index (χ2n) is 4.67. The molecule has 1 aliphatic heterocycles. The Bertz CT molecular complexity index is 451. The lowest BCUT2D eigenvalue weighted by Gasteiger charge is -2.14. The zero-order chi connectivity index (χ0) is 13.0. The van der Waals surface area contributed by atoms with Crippen LogP contribution in [0.25, 0.3) is 0 Å². The average molecular weight is 245 g/mol. The Labute approximate surface area is 108 Å². The first-order chi connectivity index (χ1) is 8.72. The number of hydrogen-bond donors (Lipinski definition) is 2. The molecule has 1 saturated heterocycles. The largest absolute Gasteiger partial charge is 0.396 e. The number of nitrogen functional groups attached to an aromatic ring is 1. The van der Waals surface area contributed by atoms with E-state index in [1.807, 2.05) is 12.1 Å². The summed E-state index contributed by atoms with van der Waals surface area (Å²) < 4.78 is 0. The van der Waals surface area contributed by atoms with E-state index >= 15 is 0 Å². The van der Waals surface area contributed by atoms with E-state index in [4.69, 9.17) is 11.0 Å². The summed E-state index contributed by atoms with van der Waals surface area (Å²) in [5, 5.41) is 12.2. The van der Waals surface area contributed by atoms with E-state index in [0.29, 0.717) is 17.3 Å². The molecule has 1 aliphatic rings. The Morgan fingerprint density at radius 1 is 1.61 bits per heavy atom. The summed E-state index contributed by atoms with van der Waals surface area (Å²) in [6.07, 6.45) is 1.22. The Morgan fingerprint density at radius 2 is 2.44 bits per heavy atom. The highest BCUT2D eigenvalue weighted by Gasteiger charge is 2.20. The lowest BCUT2D eigenvalue weighted by molar-refractivity contribution is 0.345. The van der Waals surface area contributed by atoms with Crippen LogP contribution in [0.3, 0.4) is 0 Å². The highest BCUT2D eigenvalue weighted by atomic mass is 15.1. The molecular weight excluding hydrogens is 226 g/mol. The van der Waals surface area contributed by atoms with Crippen molar-refractivity contribution in [1.82, 2.24) is 9.88 Å². The lowest BCUT2D eigenvalue weighted by atomic mass is 10.1. The molecule has 2 heterocycles. The molecule has 0 aliphatic carbocycles. The molecule has 5 heteroatoms. The van der Waals surface area contributed by atoms with Gasteiger partial charge in [-0.25, -0.2) is 4.98 Å². The van der Waals surface area contributed by atoms with Crippen LogP contribution in [0.5, 0.6) is 0 Å². The predicted molar refractivity (Wildman–Crippen MR) is 72.1 cm³/mol. The van der Waals surface area contributed by atoms with E-state index in [1.54, 1.807) is 6.07 Å². The molecule has 1 aromatic heterocycles. The third-order valence-corrected chi connectivity index (χ3v) is 3.42. The van der Waals surface area contributed by atoms with Crippen LogP contribution >= 0.6 is 0 Å². The van der Waals surface area contributed by atoms with Crippen molar-refractivity contribution in [1.29, 1.82) is 5.26 Å². The van der Waals surface area contributed by atoms with Gasteiger partial charge in [-0.3, -0.25) is 0 Å². The SMILES string of the molecule is CCN1CCC(CNc2ccc(N)c(C#N)n2)C1. The molecule has 1 atom stereocenters. The third kappa shape index (κ3) is 2.90. The zero-order valence-electron chi connectivity index (χ0n) is 10.7. The maximum Gasteiger partial charge on any atom is 0.165 e. The summed E-state index contributed by atoms with van der Waals surface area (Å²) in [5.74, 6) is 1.39. The Hall–Kier alpha value is -1.80. The maximum atomic E-state index is 8.86. The van der Waals surface area contributed by atoms with E-state index in [2.05, 4.69) is 22.1 Å². The van der Waals surface area contributed by atoms with E-state index in [9.17, 15) is 0 Å². The van der Waals surface area contributed by atoms with Gasteiger partial charge in [0.15, 0.2) is 5.69 Å². The normalized spacial score (nSPS) is 19.7. The molecule has 2 rings (SSSR count). The minimum absolute atomic E-state index is 0.293. The number of nitrogens with zero attached hydrogens (tertiary/aromatic N) is 3. The summed E-state index contributed by atoms with van der Waals surface area (Å²) in [6.45, 7) is 6.54. The van der Waals surface area contributed by atoms with Crippen molar-refractivity contribution in [3.05, 3.63) is 17.8 Å². The second-order valence-corrected chi connectivity index (χ2v) is 4.67. The van der Waals surface area contributed by atoms with Gasteiger partial charge < -0.3 is 16.0 Å². The van der Waals surface area contributed by atoms with Crippen molar-refractivity contribution in [2.75, 3.05) is 37.2 Å². The van der Waals surface area contributed by atoms with E-state index in [-0.39, 0.29) is 0 Å². The first-order valence-corrected chi connectivity index (χ1v) is 6.35. The van der Waals surface area contributed by atoms with E-state index in [1.165, 1.54) is 13.0 Å². The Kier molecular flexibility index (Phi) is 4.00. The van der Waals surface area contributed by atoms with Crippen LogP contribution < -0.4 is 11.1 Å². The molecule has 1 fully saturated rings. The smallest absolute Gasteiger partial charge is 0.165 e. The van der Waals surface area contributed by atoms with Gasteiger partial charge in [-0.05, 0) is 37.6 Å². The molecule has 1 aromatic rings. The number of likely N-dealkylation sites (tertiary alicyclic amines) is 1. The third-order valence-electron chi connectivity index (χ3n) is 3.42. The van der Waals surface area contributed by atoms with Gasteiger partial charge in [0.1, 0.15) is 11.9 Å². The number of hydrogen-bond acceptors (Lipinski definition) is 5. The number of nitrogens with two attached hydrogens (primary N) is 1. The van der Waals surface area contributed by atoms with Crippen molar-refractivity contribution in [2.24, 2.45) is 5.92 Å².